The van der Waals surface area contributed by atoms with Crippen LogP contribution in [0.1, 0.15) is 56.0 Å². The van der Waals surface area contributed by atoms with Gasteiger partial charge in [0, 0.05) is 25.6 Å². The molecule has 0 bridgehead atoms. The highest BCUT2D eigenvalue weighted by Crippen LogP contribution is 2.18. The Morgan fingerprint density at radius 2 is 1.92 bits per heavy atom. The average Bonchev–Trinajstić information content (AvgIpc) is 3.08. The third-order valence-electron chi connectivity index (χ3n) is 4.10. The molecule has 6 heteroatoms. The minimum atomic E-state index is 0. The van der Waals surface area contributed by atoms with Crippen LogP contribution in [0.25, 0.3) is 0 Å². The van der Waals surface area contributed by atoms with Gasteiger partial charge in [-0.1, -0.05) is 56.3 Å². The van der Waals surface area contributed by atoms with Gasteiger partial charge in [-0.3, -0.25) is 4.99 Å². The number of rotatable bonds is 7. The minimum absolute atomic E-state index is 0. The Morgan fingerprint density at radius 3 is 2.48 bits per heavy atom. The SMILES string of the molecule is CCC(CNC(=NC)NCc1cc(C(C)C)no1)c1ccccc1.I. The van der Waals surface area contributed by atoms with Crippen molar-refractivity contribution in [2.75, 3.05) is 13.6 Å². The van der Waals surface area contributed by atoms with E-state index in [1.807, 2.05) is 12.1 Å². The van der Waals surface area contributed by atoms with E-state index in [2.05, 4.69) is 65.8 Å². The van der Waals surface area contributed by atoms with Gasteiger partial charge in [-0.2, -0.15) is 0 Å². The first-order valence-corrected chi connectivity index (χ1v) is 8.59. The van der Waals surface area contributed by atoms with Gasteiger partial charge in [0.2, 0.25) is 0 Å². The number of halogens is 1. The lowest BCUT2D eigenvalue weighted by molar-refractivity contribution is 0.372. The molecule has 0 saturated heterocycles. The second kappa shape index (κ2) is 11.1. The van der Waals surface area contributed by atoms with Crippen molar-refractivity contribution in [3.05, 3.63) is 53.4 Å². The fraction of sp³-hybridized carbons (Fsp3) is 0.474. The zero-order valence-electron chi connectivity index (χ0n) is 15.5. The molecule has 5 nitrogen and oxygen atoms in total. The number of nitrogens with one attached hydrogen (secondary N) is 2. The minimum Gasteiger partial charge on any atom is -0.359 e. The fourth-order valence-electron chi connectivity index (χ4n) is 2.52. The summed E-state index contributed by atoms with van der Waals surface area (Å²) in [6.07, 6.45) is 1.08. The van der Waals surface area contributed by atoms with Crippen molar-refractivity contribution in [3.63, 3.8) is 0 Å². The van der Waals surface area contributed by atoms with Gasteiger partial charge in [-0.05, 0) is 17.9 Å². The van der Waals surface area contributed by atoms with Gasteiger partial charge < -0.3 is 15.2 Å². The summed E-state index contributed by atoms with van der Waals surface area (Å²) in [5, 5.41) is 10.7. The molecule has 1 unspecified atom stereocenters. The Labute approximate surface area is 167 Å². The molecule has 0 aliphatic carbocycles. The number of aromatic nitrogens is 1. The molecule has 1 aromatic heterocycles. The molecular formula is C19H29IN4O. The summed E-state index contributed by atoms with van der Waals surface area (Å²) >= 11 is 0. The topological polar surface area (TPSA) is 62.5 Å². The smallest absolute Gasteiger partial charge is 0.191 e. The van der Waals surface area contributed by atoms with Crippen LogP contribution < -0.4 is 10.6 Å². The predicted molar refractivity (Wildman–Crippen MR) is 114 cm³/mol. The molecule has 138 valence electrons. The lowest BCUT2D eigenvalue weighted by Gasteiger charge is -2.18. The zero-order chi connectivity index (χ0) is 17.4. The zero-order valence-corrected chi connectivity index (χ0v) is 17.8. The summed E-state index contributed by atoms with van der Waals surface area (Å²) in [5.41, 5.74) is 2.32. The normalized spacial score (nSPS) is 12.6. The molecule has 0 radical (unpaired) electrons. The maximum absolute atomic E-state index is 5.34. The van der Waals surface area contributed by atoms with E-state index in [0.29, 0.717) is 18.4 Å². The van der Waals surface area contributed by atoms with E-state index in [-0.39, 0.29) is 24.0 Å². The maximum Gasteiger partial charge on any atom is 0.191 e. The van der Waals surface area contributed by atoms with Crippen LogP contribution in [0.4, 0.5) is 0 Å². The number of benzene rings is 1. The van der Waals surface area contributed by atoms with Crippen LogP contribution in [0, 0.1) is 0 Å². The molecule has 1 heterocycles. The van der Waals surface area contributed by atoms with Gasteiger partial charge in [-0.25, -0.2) is 0 Å². The summed E-state index contributed by atoms with van der Waals surface area (Å²) in [4.78, 5) is 4.28. The third-order valence-corrected chi connectivity index (χ3v) is 4.10. The first-order valence-electron chi connectivity index (χ1n) is 8.59. The molecule has 0 saturated carbocycles. The first kappa shape index (κ1) is 21.5. The van der Waals surface area contributed by atoms with Crippen LogP contribution in [-0.4, -0.2) is 24.7 Å². The molecule has 2 rings (SSSR count). The van der Waals surface area contributed by atoms with E-state index in [1.54, 1.807) is 7.05 Å². The van der Waals surface area contributed by atoms with E-state index in [1.165, 1.54) is 5.56 Å². The van der Waals surface area contributed by atoms with Gasteiger partial charge in [0.05, 0.1) is 12.2 Å². The highest BCUT2D eigenvalue weighted by Gasteiger charge is 2.11. The van der Waals surface area contributed by atoms with Gasteiger partial charge >= 0.3 is 0 Å². The summed E-state index contributed by atoms with van der Waals surface area (Å²) < 4.78 is 5.34. The quantitative estimate of drug-likeness (QED) is 0.371. The van der Waals surface area contributed by atoms with Crippen LogP contribution in [0.3, 0.4) is 0 Å². The number of nitrogens with zero attached hydrogens (tertiary/aromatic N) is 2. The van der Waals surface area contributed by atoms with Crippen LogP contribution in [-0.2, 0) is 6.54 Å². The maximum atomic E-state index is 5.34. The number of guanidine groups is 1. The predicted octanol–water partition coefficient (Wildman–Crippen LogP) is 4.27. The molecule has 1 atom stereocenters. The molecule has 2 N–H and O–H groups in total. The van der Waals surface area contributed by atoms with Gasteiger partial charge in [0.25, 0.3) is 0 Å². The van der Waals surface area contributed by atoms with Crippen LogP contribution in [0.5, 0.6) is 0 Å². The molecule has 0 aliphatic rings. The van der Waals surface area contributed by atoms with Crippen molar-refractivity contribution in [2.45, 2.75) is 45.6 Å². The molecule has 2 aromatic rings. The highest BCUT2D eigenvalue weighted by atomic mass is 127. The largest absolute Gasteiger partial charge is 0.359 e. The second-order valence-corrected chi connectivity index (χ2v) is 6.20. The van der Waals surface area contributed by atoms with Crippen LogP contribution in [0.2, 0.25) is 0 Å². The van der Waals surface area contributed by atoms with Crippen molar-refractivity contribution in [1.82, 2.24) is 15.8 Å². The Bertz CT molecular complexity index is 640. The molecule has 25 heavy (non-hydrogen) atoms. The van der Waals surface area contributed by atoms with E-state index in [4.69, 9.17) is 4.52 Å². The molecule has 0 spiro atoms. The second-order valence-electron chi connectivity index (χ2n) is 6.20. The van der Waals surface area contributed by atoms with Crippen molar-refractivity contribution in [1.29, 1.82) is 0 Å². The first-order chi connectivity index (χ1) is 11.6. The van der Waals surface area contributed by atoms with Crippen LogP contribution >= 0.6 is 24.0 Å². The fourth-order valence-corrected chi connectivity index (χ4v) is 2.52. The summed E-state index contributed by atoms with van der Waals surface area (Å²) in [5.74, 6) is 2.42. The lowest BCUT2D eigenvalue weighted by atomic mass is 9.97. The van der Waals surface area contributed by atoms with Crippen molar-refractivity contribution in [2.24, 2.45) is 4.99 Å². The van der Waals surface area contributed by atoms with Crippen LogP contribution in [0.15, 0.2) is 45.9 Å². The Kier molecular flexibility index (Phi) is 9.55. The van der Waals surface area contributed by atoms with Gasteiger partial charge in [0.1, 0.15) is 0 Å². The monoisotopic (exact) mass is 456 g/mol. The average molecular weight is 456 g/mol. The molecule has 0 amide bonds. The van der Waals surface area contributed by atoms with Crippen molar-refractivity contribution in [3.8, 4) is 0 Å². The highest BCUT2D eigenvalue weighted by molar-refractivity contribution is 14.0. The van der Waals surface area contributed by atoms with Crippen molar-refractivity contribution >= 4 is 29.9 Å². The lowest BCUT2D eigenvalue weighted by Crippen LogP contribution is -2.38. The van der Waals surface area contributed by atoms with E-state index < -0.39 is 0 Å². The number of aliphatic imine (C=N–C) groups is 1. The summed E-state index contributed by atoms with van der Waals surface area (Å²) in [6.45, 7) is 7.82. The third kappa shape index (κ3) is 6.68. The molecule has 0 fully saturated rings. The summed E-state index contributed by atoms with van der Waals surface area (Å²) in [6, 6.07) is 12.6. The molecule has 1 aromatic carbocycles. The molecular weight excluding hydrogens is 427 g/mol. The Hall–Kier alpha value is -1.57. The number of hydrogen-bond acceptors (Lipinski definition) is 3. The van der Waals surface area contributed by atoms with E-state index in [9.17, 15) is 0 Å². The van der Waals surface area contributed by atoms with E-state index in [0.717, 1.165) is 30.4 Å². The summed E-state index contributed by atoms with van der Waals surface area (Å²) in [7, 11) is 1.78. The Balaban J connectivity index is 0.00000312. The van der Waals surface area contributed by atoms with E-state index >= 15 is 0 Å². The van der Waals surface area contributed by atoms with Gasteiger partial charge in [-0.15, -0.1) is 24.0 Å². The molecule has 0 aliphatic heterocycles. The standard InChI is InChI=1S/C19H28N4O.HI/c1-5-15(16-9-7-6-8-10-16)12-21-19(20-4)22-13-17-11-18(14(2)3)23-24-17;/h6-11,14-15H,5,12-13H2,1-4H3,(H2,20,21,22);1H. The number of hydrogen-bond donors (Lipinski definition) is 2. The van der Waals surface area contributed by atoms with Crippen molar-refractivity contribution < 1.29 is 4.52 Å². The van der Waals surface area contributed by atoms with Gasteiger partial charge in [0.15, 0.2) is 11.7 Å². The Morgan fingerprint density at radius 1 is 1.20 bits per heavy atom.